The molecule has 0 atom stereocenters. The van der Waals surface area contributed by atoms with Gasteiger partial charge in [0, 0.05) is 5.56 Å². The Morgan fingerprint density at radius 1 is 1.00 bits per heavy atom. The Kier molecular flexibility index (Phi) is 3.47. The maximum absolute atomic E-state index is 11.7. The molecule has 0 fully saturated rings. The molecule has 0 radical (unpaired) electrons. The molecule has 0 unspecified atom stereocenters. The predicted octanol–water partition coefficient (Wildman–Crippen LogP) is 1.49. The number of benzene rings is 2. The summed E-state index contributed by atoms with van der Waals surface area (Å²) in [4.78, 5) is -0.0151. The largest absolute Gasteiger partial charge is 0.392 e. The molecular formula is C13H13NO3S. The molecule has 2 aromatic carbocycles. The van der Waals surface area contributed by atoms with E-state index < -0.39 is 10.0 Å². The molecule has 2 rings (SSSR count). The Morgan fingerprint density at radius 3 is 2.22 bits per heavy atom. The summed E-state index contributed by atoms with van der Waals surface area (Å²) in [5, 5.41) is 14.5. The zero-order valence-electron chi connectivity index (χ0n) is 9.58. The zero-order chi connectivity index (χ0) is 13.2. The molecule has 0 amide bonds. The normalized spacial score (nSPS) is 11.4. The van der Waals surface area contributed by atoms with E-state index in [0.717, 1.165) is 5.56 Å². The molecule has 18 heavy (non-hydrogen) atoms. The lowest BCUT2D eigenvalue weighted by atomic mass is 10.0. The molecule has 0 aromatic heterocycles. The lowest BCUT2D eigenvalue weighted by Crippen LogP contribution is -2.16. The van der Waals surface area contributed by atoms with Crippen molar-refractivity contribution in [3.8, 4) is 11.1 Å². The molecule has 3 N–H and O–H groups in total. The van der Waals surface area contributed by atoms with Gasteiger partial charge in [-0.1, -0.05) is 48.5 Å². The molecule has 2 aromatic rings. The number of nitrogens with two attached hydrogens (primary N) is 1. The molecule has 5 heteroatoms. The van der Waals surface area contributed by atoms with E-state index in [1.54, 1.807) is 30.3 Å². The molecule has 0 spiro atoms. The van der Waals surface area contributed by atoms with Gasteiger partial charge >= 0.3 is 0 Å². The van der Waals surface area contributed by atoms with E-state index in [2.05, 4.69) is 0 Å². The van der Waals surface area contributed by atoms with E-state index in [1.807, 2.05) is 18.2 Å². The molecule has 0 aliphatic heterocycles. The molecule has 0 bridgehead atoms. The maximum atomic E-state index is 11.7. The fourth-order valence-corrected chi connectivity index (χ4v) is 2.88. The summed E-state index contributed by atoms with van der Waals surface area (Å²) in [7, 11) is -3.88. The van der Waals surface area contributed by atoms with Crippen LogP contribution in [0.3, 0.4) is 0 Å². The van der Waals surface area contributed by atoms with Crippen molar-refractivity contribution in [3.63, 3.8) is 0 Å². The van der Waals surface area contributed by atoms with Crippen LogP contribution in [-0.2, 0) is 16.6 Å². The van der Waals surface area contributed by atoms with Crippen molar-refractivity contribution in [2.24, 2.45) is 5.14 Å². The van der Waals surface area contributed by atoms with Gasteiger partial charge in [0.05, 0.1) is 11.5 Å². The minimum absolute atomic E-state index is 0.0151. The van der Waals surface area contributed by atoms with Crippen molar-refractivity contribution < 1.29 is 13.5 Å². The first-order chi connectivity index (χ1) is 8.54. The number of primary sulfonamides is 1. The van der Waals surface area contributed by atoms with Crippen LogP contribution in [0.4, 0.5) is 0 Å². The highest BCUT2D eigenvalue weighted by Crippen LogP contribution is 2.29. The predicted molar refractivity (Wildman–Crippen MR) is 69.2 cm³/mol. The first-order valence-corrected chi connectivity index (χ1v) is 6.89. The van der Waals surface area contributed by atoms with E-state index in [-0.39, 0.29) is 11.5 Å². The van der Waals surface area contributed by atoms with Crippen molar-refractivity contribution in [1.29, 1.82) is 0 Å². The van der Waals surface area contributed by atoms with Crippen LogP contribution in [-0.4, -0.2) is 13.5 Å². The zero-order valence-corrected chi connectivity index (χ0v) is 10.4. The fourth-order valence-electron chi connectivity index (χ4n) is 1.89. The van der Waals surface area contributed by atoms with E-state index in [0.29, 0.717) is 11.1 Å². The maximum Gasteiger partial charge on any atom is 0.239 e. The van der Waals surface area contributed by atoms with Crippen molar-refractivity contribution in [2.75, 3.05) is 0 Å². The Labute approximate surface area is 106 Å². The van der Waals surface area contributed by atoms with E-state index in [9.17, 15) is 13.5 Å². The molecule has 4 nitrogen and oxygen atoms in total. The number of aliphatic hydroxyl groups excluding tert-OH is 1. The van der Waals surface area contributed by atoms with Gasteiger partial charge in [0.25, 0.3) is 0 Å². The number of sulfonamides is 1. The van der Waals surface area contributed by atoms with E-state index >= 15 is 0 Å². The second-order valence-electron chi connectivity index (χ2n) is 3.86. The minimum atomic E-state index is -3.88. The Morgan fingerprint density at radius 2 is 1.67 bits per heavy atom. The third-order valence-corrected chi connectivity index (χ3v) is 3.69. The SMILES string of the molecule is NS(=O)(=O)c1c(CO)cccc1-c1ccccc1. The van der Waals surface area contributed by atoms with E-state index in [4.69, 9.17) is 5.14 Å². The summed E-state index contributed by atoms with van der Waals surface area (Å²) in [5.74, 6) is 0. The molecule has 94 valence electrons. The van der Waals surface area contributed by atoms with E-state index in [1.165, 1.54) is 0 Å². The fraction of sp³-hybridized carbons (Fsp3) is 0.0769. The van der Waals surface area contributed by atoms with Crippen LogP contribution in [0.2, 0.25) is 0 Å². The Bertz CT molecular complexity index is 651. The molecule has 0 saturated heterocycles. The van der Waals surface area contributed by atoms with Crippen molar-refractivity contribution >= 4 is 10.0 Å². The minimum Gasteiger partial charge on any atom is -0.392 e. The highest BCUT2D eigenvalue weighted by molar-refractivity contribution is 7.89. The van der Waals surface area contributed by atoms with Crippen LogP contribution >= 0.6 is 0 Å². The van der Waals surface area contributed by atoms with Crippen LogP contribution in [0.5, 0.6) is 0 Å². The van der Waals surface area contributed by atoms with Crippen LogP contribution < -0.4 is 5.14 Å². The van der Waals surface area contributed by atoms with Crippen LogP contribution in [0, 0.1) is 0 Å². The molecule has 0 heterocycles. The van der Waals surface area contributed by atoms with Crippen LogP contribution in [0.25, 0.3) is 11.1 Å². The van der Waals surface area contributed by atoms with Gasteiger partial charge in [-0.15, -0.1) is 0 Å². The second-order valence-corrected chi connectivity index (χ2v) is 5.36. The monoisotopic (exact) mass is 263 g/mol. The first kappa shape index (κ1) is 12.8. The molecular weight excluding hydrogens is 250 g/mol. The third-order valence-electron chi connectivity index (χ3n) is 2.64. The van der Waals surface area contributed by atoms with Crippen molar-refractivity contribution in [1.82, 2.24) is 0 Å². The molecule has 0 saturated carbocycles. The number of hydrogen-bond donors (Lipinski definition) is 2. The Hall–Kier alpha value is -1.69. The molecule has 0 aliphatic carbocycles. The van der Waals surface area contributed by atoms with Gasteiger partial charge in [0.1, 0.15) is 0 Å². The lowest BCUT2D eigenvalue weighted by Gasteiger charge is -2.11. The number of aliphatic hydroxyl groups is 1. The standard InChI is InChI=1S/C13H13NO3S/c14-18(16,17)13-11(9-15)7-4-8-12(13)10-5-2-1-3-6-10/h1-8,15H,9H2,(H2,14,16,17). The third kappa shape index (κ3) is 2.43. The van der Waals surface area contributed by atoms with Gasteiger partial charge in [0.2, 0.25) is 10.0 Å². The van der Waals surface area contributed by atoms with Gasteiger partial charge in [-0.3, -0.25) is 0 Å². The number of hydrogen-bond acceptors (Lipinski definition) is 3. The molecule has 0 aliphatic rings. The van der Waals surface area contributed by atoms with Gasteiger partial charge in [-0.2, -0.15) is 0 Å². The lowest BCUT2D eigenvalue weighted by molar-refractivity contribution is 0.278. The highest BCUT2D eigenvalue weighted by Gasteiger charge is 2.19. The average molecular weight is 263 g/mol. The van der Waals surface area contributed by atoms with Crippen molar-refractivity contribution in [2.45, 2.75) is 11.5 Å². The van der Waals surface area contributed by atoms with Gasteiger partial charge < -0.3 is 5.11 Å². The smallest absolute Gasteiger partial charge is 0.239 e. The highest BCUT2D eigenvalue weighted by atomic mass is 32.2. The average Bonchev–Trinajstić information content (AvgIpc) is 2.38. The summed E-state index contributed by atoms with van der Waals surface area (Å²) < 4.78 is 23.3. The van der Waals surface area contributed by atoms with Crippen LogP contribution in [0.15, 0.2) is 53.4 Å². The quantitative estimate of drug-likeness (QED) is 0.880. The summed E-state index contributed by atoms with van der Waals surface area (Å²) in [6.45, 7) is -0.369. The van der Waals surface area contributed by atoms with Gasteiger partial charge in [-0.05, 0) is 11.1 Å². The van der Waals surface area contributed by atoms with Gasteiger partial charge in [-0.25, -0.2) is 13.6 Å². The second kappa shape index (κ2) is 4.89. The summed E-state index contributed by atoms with van der Waals surface area (Å²) in [5.41, 5.74) is 1.56. The van der Waals surface area contributed by atoms with Gasteiger partial charge in [0.15, 0.2) is 0 Å². The summed E-state index contributed by atoms with van der Waals surface area (Å²) in [6, 6.07) is 14.0. The Balaban J connectivity index is 2.77. The van der Waals surface area contributed by atoms with Crippen molar-refractivity contribution in [3.05, 3.63) is 54.1 Å². The van der Waals surface area contributed by atoms with Crippen LogP contribution in [0.1, 0.15) is 5.56 Å². The topological polar surface area (TPSA) is 80.4 Å². The number of rotatable bonds is 3. The summed E-state index contributed by atoms with van der Waals surface area (Å²) in [6.07, 6.45) is 0. The summed E-state index contributed by atoms with van der Waals surface area (Å²) >= 11 is 0. The first-order valence-electron chi connectivity index (χ1n) is 5.35.